The van der Waals surface area contributed by atoms with Crippen molar-refractivity contribution in [1.29, 1.82) is 0 Å². The van der Waals surface area contributed by atoms with Crippen LogP contribution in [0, 0.1) is 0 Å². The van der Waals surface area contributed by atoms with Gasteiger partial charge >= 0.3 is 5.97 Å². The molecule has 0 saturated heterocycles. The average Bonchev–Trinajstić information content (AvgIpc) is 3.16. The largest absolute Gasteiger partial charge is 0.492 e. The van der Waals surface area contributed by atoms with Crippen molar-refractivity contribution in [3.05, 3.63) is 65.2 Å². The van der Waals surface area contributed by atoms with Gasteiger partial charge in [-0.1, -0.05) is 43.3 Å². The van der Waals surface area contributed by atoms with Gasteiger partial charge in [0.2, 0.25) is 0 Å². The molecule has 0 atom stereocenters. The van der Waals surface area contributed by atoms with E-state index >= 15 is 0 Å². The van der Waals surface area contributed by atoms with E-state index < -0.39 is 0 Å². The van der Waals surface area contributed by atoms with Crippen LogP contribution >= 0.6 is 0 Å². The van der Waals surface area contributed by atoms with Crippen LogP contribution < -0.4 is 14.4 Å². The quantitative estimate of drug-likeness (QED) is 0.384. The molecule has 34 heavy (non-hydrogen) atoms. The summed E-state index contributed by atoms with van der Waals surface area (Å²) in [6.45, 7) is 9.08. The van der Waals surface area contributed by atoms with E-state index in [1.54, 1.807) is 11.8 Å². The zero-order valence-corrected chi connectivity index (χ0v) is 20.2. The molecule has 0 saturated carbocycles. The van der Waals surface area contributed by atoms with E-state index in [0.29, 0.717) is 31.1 Å². The van der Waals surface area contributed by atoms with Crippen LogP contribution in [0.1, 0.15) is 55.6 Å². The number of carbonyl (C=O) groups excluding carboxylic acids is 2. The highest BCUT2D eigenvalue weighted by atomic mass is 16.5. The summed E-state index contributed by atoms with van der Waals surface area (Å²) >= 11 is 0. The molecule has 4 rings (SSSR count). The molecule has 3 aromatic carbocycles. The van der Waals surface area contributed by atoms with E-state index in [0.717, 1.165) is 39.8 Å². The number of esters is 1. The Hall–Kier alpha value is -3.54. The highest BCUT2D eigenvalue weighted by molar-refractivity contribution is 6.16. The van der Waals surface area contributed by atoms with Crippen LogP contribution in [-0.4, -0.2) is 31.2 Å². The fourth-order valence-electron chi connectivity index (χ4n) is 4.27. The maximum atomic E-state index is 13.7. The Kier molecular flexibility index (Phi) is 7.06. The number of hydrogen-bond donors (Lipinski definition) is 0. The summed E-state index contributed by atoms with van der Waals surface area (Å²) in [4.78, 5) is 27.3. The molecule has 1 aliphatic rings. The zero-order chi connectivity index (χ0) is 24.2. The van der Waals surface area contributed by atoms with Crippen LogP contribution in [-0.2, 0) is 22.5 Å². The molecule has 1 aliphatic heterocycles. The summed E-state index contributed by atoms with van der Waals surface area (Å²) in [5, 5.41) is 1.82. The van der Waals surface area contributed by atoms with Gasteiger partial charge in [-0.15, -0.1) is 0 Å². The summed E-state index contributed by atoms with van der Waals surface area (Å²) < 4.78 is 17.5. The lowest BCUT2D eigenvalue weighted by Crippen LogP contribution is -2.23. The van der Waals surface area contributed by atoms with E-state index in [-0.39, 0.29) is 24.4 Å². The molecule has 0 fully saturated rings. The summed E-state index contributed by atoms with van der Waals surface area (Å²) in [6, 6.07) is 15.4. The fourth-order valence-corrected chi connectivity index (χ4v) is 4.27. The number of ether oxygens (including phenoxy) is 3. The van der Waals surface area contributed by atoms with Crippen molar-refractivity contribution in [3.63, 3.8) is 0 Å². The Morgan fingerprint density at radius 2 is 1.68 bits per heavy atom. The Bertz CT molecular complexity index is 1200. The maximum absolute atomic E-state index is 13.7. The van der Waals surface area contributed by atoms with Gasteiger partial charge in [0.25, 0.3) is 5.91 Å². The number of fused-ring (bicyclic) bond motifs is 2. The highest BCUT2D eigenvalue weighted by Gasteiger charge is 2.37. The molecule has 0 spiro atoms. The first-order chi connectivity index (χ1) is 16.4. The SMILES string of the molecule is CCCOc1c2c(c(OC(C)C)c3ccccc13)CN(c1ccc(CC(=O)OCC)cc1)C2=O. The van der Waals surface area contributed by atoms with E-state index in [1.165, 1.54) is 0 Å². The standard InChI is InChI=1S/C28H31NO5/c1-5-15-33-27-22-10-8-7-9-21(22)26(34-18(3)4)23-17-29(28(31)25(23)27)20-13-11-19(12-14-20)16-24(30)32-6-2/h7-14,18H,5-6,15-17H2,1-4H3. The van der Waals surface area contributed by atoms with Gasteiger partial charge in [-0.05, 0) is 44.9 Å². The molecular weight excluding hydrogens is 430 g/mol. The fraction of sp³-hybridized carbons (Fsp3) is 0.357. The predicted molar refractivity (Wildman–Crippen MR) is 133 cm³/mol. The molecule has 178 valence electrons. The first kappa shape index (κ1) is 23.6. The van der Waals surface area contributed by atoms with Crippen molar-refractivity contribution in [2.75, 3.05) is 18.1 Å². The third-order valence-corrected chi connectivity index (χ3v) is 5.70. The van der Waals surface area contributed by atoms with Crippen molar-refractivity contribution in [2.45, 2.75) is 53.2 Å². The van der Waals surface area contributed by atoms with Crippen LogP contribution in [0.5, 0.6) is 11.5 Å². The zero-order valence-electron chi connectivity index (χ0n) is 20.2. The molecule has 0 aromatic heterocycles. The number of benzene rings is 3. The van der Waals surface area contributed by atoms with Gasteiger partial charge in [0, 0.05) is 22.0 Å². The van der Waals surface area contributed by atoms with Gasteiger partial charge in [0.15, 0.2) is 0 Å². The number of rotatable bonds is 9. The third kappa shape index (κ3) is 4.58. The van der Waals surface area contributed by atoms with Gasteiger partial charge < -0.3 is 19.1 Å². The molecule has 3 aromatic rings. The first-order valence-corrected chi connectivity index (χ1v) is 11.9. The minimum absolute atomic E-state index is 0.0405. The Morgan fingerprint density at radius 3 is 2.29 bits per heavy atom. The van der Waals surface area contributed by atoms with Gasteiger partial charge in [-0.3, -0.25) is 9.59 Å². The minimum atomic E-state index is -0.264. The highest BCUT2D eigenvalue weighted by Crippen LogP contribution is 2.46. The average molecular weight is 462 g/mol. The number of amides is 1. The second kappa shape index (κ2) is 10.2. The van der Waals surface area contributed by atoms with Crippen LogP contribution in [0.4, 0.5) is 5.69 Å². The van der Waals surface area contributed by atoms with E-state index in [4.69, 9.17) is 14.2 Å². The van der Waals surface area contributed by atoms with Crippen molar-refractivity contribution in [2.24, 2.45) is 0 Å². The second-order valence-corrected chi connectivity index (χ2v) is 8.61. The Morgan fingerprint density at radius 1 is 1.00 bits per heavy atom. The summed E-state index contributed by atoms with van der Waals surface area (Å²) in [6.07, 6.45) is 1.00. The summed E-state index contributed by atoms with van der Waals surface area (Å²) in [7, 11) is 0. The van der Waals surface area contributed by atoms with E-state index in [1.807, 2.05) is 69.3 Å². The molecule has 0 unspecified atom stereocenters. The van der Waals surface area contributed by atoms with Crippen LogP contribution in [0.15, 0.2) is 48.5 Å². The number of nitrogens with zero attached hydrogens (tertiary/aromatic N) is 1. The molecule has 0 aliphatic carbocycles. The topological polar surface area (TPSA) is 65.1 Å². The molecule has 0 bridgehead atoms. The lowest BCUT2D eigenvalue weighted by atomic mass is 9.99. The number of anilines is 1. The van der Waals surface area contributed by atoms with Crippen LogP contribution in [0.25, 0.3) is 10.8 Å². The molecule has 0 radical (unpaired) electrons. The number of hydrogen-bond acceptors (Lipinski definition) is 5. The molecule has 6 nitrogen and oxygen atoms in total. The first-order valence-electron chi connectivity index (χ1n) is 11.9. The smallest absolute Gasteiger partial charge is 0.310 e. The van der Waals surface area contributed by atoms with Gasteiger partial charge in [0.1, 0.15) is 11.5 Å². The van der Waals surface area contributed by atoms with Crippen molar-refractivity contribution in [1.82, 2.24) is 0 Å². The van der Waals surface area contributed by atoms with Crippen LogP contribution in [0.3, 0.4) is 0 Å². The monoisotopic (exact) mass is 461 g/mol. The lowest BCUT2D eigenvalue weighted by Gasteiger charge is -2.19. The van der Waals surface area contributed by atoms with E-state index in [2.05, 4.69) is 0 Å². The molecule has 1 heterocycles. The second-order valence-electron chi connectivity index (χ2n) is 8.61. The van der Waals surface area contributed by atoms with Gasteiger partial charge in [-0.2, -0.15) is 0 Å². The normalized spacial score (nSPS) is 12.9. The van der Waals surface area contributed by atoms with E-state index in [9.17, 15) is 9.59 Å². The molecule has 0 N–H and O–H groups in total. The lowest BCUT2D eigenvalue weighted by molar-refractivity contribution is -0.142. The van der Waals surface area contributed by atoms with Crippen molar-refractivity contribution < 1.29 is 23.8 Å². The minimum Gasteiger partial charge on any atom is -0.492 e. The summed E-state index contributed by atoms with van der Waals surface area (Å²) in [5.41, 5.74) is 3.01. The maximum Gasteiger partial charge on any atom is 0.310 e. The molecule has 6 heteroatoms. The predicted octanol–water partition coefficient (Wildman–Crippen LogP) is 5.68. The Labute approximate surface area is 200 Å². The summed E-state index contributed by atoms with van der Waals surface area (Å²) in [5.74, 6) is 0.979. The van der Waals surface area contributed by atoms with Gasteiger partial charge in [0.05, 0.1) is 37.8 Å². The molecule has 1 amide bonds. The van der Waals surface area contributed by atoms with Crippen LogP contribution in [0.2, 0.25) is 0 Å². The van der Waals surface area contributed by atoms with Crippen molar-refractivity contribution in [3.8, 4) is 11.5 Å². The Balaban J connectivity index is 1.76. The van der Waals surface area contributed by atoms with Crippen molar-refractivity contribution >= 4 is 28.3 Å². The molecular formula is C28H31NO5. The third-order valence-electron chi connectivity index (χ3n) is 5.70. The number of carbonyl (C=O) groups is 2. The van der Waals surface area contributed by atoms with Gasteiger partial charge in [-0.25, -0.2) is 0 Å².